The number of carbonyl (C=O) groups excluding carboxylic acids is 1. The number of unbranched alkanes of at least 4 members (excludes halogenated alkanes) is 5. The van der Waals surface area contributed by atoms with Crippen LogP contribution in [0.4, 0.5) is 8.78 Å². The molecule has 0 bridgehead atoms. The first-order valence-corrected chi connectivity index (χ1v) is 14.0. The summed E-state index contributed by atoms with van der Waals surface area (Å²) < 4.78 is 35.7. The number of rotatable bonds is 15. The molecular formula is C33H42F2O2. The van der Waals surface area contributed by atoms with E-state index in [0.717, 1.165) is 42.7 Å². The molecule has 0 radical (unpaired) electrons. The summed E-state index contributed by atoms with van der Waals surface area (Å²) in [6.45, 7) is 7.17. The number of ether oxygens (including phenoxy) is 1. The smallest absolute Gasteiger partial charge is 0.331 e. The monoisotopic (exact) mass is 508 g/mol. The Kier molecular flexibility index (Phi) is 11.1. The van der Waals surface area contributed by atoms with Crippen LogP contribution in [-0.4, -0.2) is 18.3 Å². The third kappa shape index (κ3) is 8.12. The Morgan fingerprint density at radius 3 is 2.03 bits per heavy atom. The van der Waals surface area contributed by atoms with Crippen LogP contribution >= 0.6 is 0 Å². The number of hydrogen-bond acceptors (Lipinski definition) is 2. The van der Waals surface area contributed by atoms with Crippen LogP contribution in [0.15, 0.2) is 66.3 Å². The molecule has 1 atom stereocenters. The second-order valence-corrected chi connectivity index (χ2v) is 10.3. The van der Waals surface area contributed by atoms with Crippen molar-refractivity contribution in [1.29, 1.82) is 0 Å². The Morgan fingerprint density at radius 1 is 0.784 bits per heavy atom. The molecule has 1 aliphatic carbocycles. The molecule has 0 saturated heterocycles. The van der Waals surface area contributed by atoms with Gasteiger partial charge in [0.25, 0.3) is 0 Å². The van der Waals surface area contributed by atoms with Crippen molar-refractivity contribution in [2.24, 2.45) is 5.92 Å². The van der Waals surface area contributed by atoms with Crippen LogP contribution in [0, 0.1) is 5.92 Å². The predicted octanol–water partition coefficient (Wildman–Crippen LogP) is 9.84. The van der Waals surface area contributed by atoms with Crippen molar-refractivity contribution in [2.45, 2.75) is 90.9 Å². The molecule has 1 unspecified atom stereocenters. The maximum absolute atomic E-state index is 14.9. The van der Waals surface area contributed by atoms with Crippen LogP contribution in [0.2, 0.25) is 0 Å². The number of Topliss-reactive ketones (excluding diaryl/α,β-unsaturated/α-hetero) is 1. The van der Waals surface area contributed by atoms with E-state index in [4.69, 9.17) is 4.74 Å². The van der Waals surface area contributed by atoms with Crippen LogP contribution in [0.5, 0.6) is 5.75 Å². The number of allylic oxidation sites excluding steroid dienone is 4. The number of benzene rings is 2. The molecule has 3 rings (SSSR count). The van der Waals surface area contributed by atoms with Gasteiger partial charge in [-0.3, -0.25) is 4.79 Å². The summed E-state index contributed by atoms with van der Waals surface area (Å²) in [5.74, 6) is -3.19. The summed E-state index contributed by atoms with van der Waals surface area (Å²) in [5, 5.41) is 0. The second kappa shape index (κ2) is 14.3. The van der Waals surface area contributed by atoms with E-state index in [1.165, 1.54) is 38.2 Å². The van der Waals surface area contributed by atoms with Gasteiger partial charge in [-0.1, -0.05) is 114 Å². The van der Waals surface area contributed by atoms with Gasteiger partial charge in [0.15, 0.2) is 0 Å². The molecule has 37 heavy (non-hydrogen) atoms. The molecule has 0 amide bonds. The average molecular weight is 509 g/mol. The minimum atomic E-state index is -3.44. The first-order chi connectivity index (χ1) is 17.9. The molecule has 0 saturated carbocycles. The van der Waals surface area contributed by atoms with Gasteiger partial charge in [-0.15, -0.1) is 0 Å². The number of carbonyl (C=O) groups is 1. The standard InChI is InChI=1S/C33H42F2O2/c1-4-6-7-8-9-10-24-37-30-21-18-27(19-22-30)26-14-16-28(17-15-26)31-23-20-29(33(34,35)32(31)36)13-11-12-25(3)5-2/h14-23,25H,4-13,24H2,1-3H3. The molecule has 0 aliphatic heterocycles. The topological polar surface area (TPSA) is 26.3 Å². The van der Waals surface area contributed by atoms with E-state index < -0.39 is 11.7 Å². The maximum atomic E-state index is 14.9. The molecule has 2 nitrogen and oxygen atoms in total. The molecule has 1 aliphatic rings. The van der Waals surface area contributed by atoms with E-state index in [1.807, 2.05) is 36.4 Å². The first-order valence-electron chi connectivity index (χ1n) is 14.0. The largest absolute Gasteiger partial charge is 0.494 e. The average Bonchev–Trinajstić information content (AvgIpc) is 2.91. The summed E-state index contributed by atoms with van der Waals surface area (Å²) in [6.07, 6.45) is 13.3. The van der Waals surface area contributed by atoms with E-state index in [1.54, 1.807) is 18.2 Å². The summed E-state index contributed by atoms with van der Waals surface area (Å²) in [7, 11) is 0. The Labute approximate surface area is 221 Å². The number of ketones is 1. The maximum Gasteiger partial charge on any atom is 0.331 e. The second-order valence-electron chi connectivity index (χ2n) is 10.3. The predicted molar refractivity (Wildman–Crippen MR) is 150 cm³/mol. The van der Waals surface area contributed by atoms with Crippen LogP contribution in [0.1, 0.15) is 90.5 Å². The van der Waals surface area contributed by atoms with Gasteiger partial charge < -0.3 is 4.74 Å². The summed E-state index contributed by atoms with van der Waals surface area (Å²) in [4.78, 5) is 12.7. The zero-order chi connectivity index (χ0) is 26.7. The van der Waals surface area contributed by atoms with Crippen molar-refractivity contribution in [2.75, 3.05) is 6.61 Å². The van der Waals surface area contributed by atoms with Gasteiger partial charge in [0.2, 0.25) is 5.78 Å². The first kappa shape index (κ1) is 28.8. The van der Waals surface area contributed by atoms with Gasteiger partial charge in [0.1, 0.15) is 5.75 Å². The van der Waals surface area contributed by atoms with Gasteiger partial charge in [-0.25, -0.2) is 0 Å². The normalized spacial score (nSPS) is 15.8. The van der Waals surface area contributed by atoms with E-state index in [9.17, 15) is 13.6 Å². The summed E-state index contributed by atoms with van der Waals surface area (Å²) in [6, 6.07) is 15.2. The van der Waals surface area contributed by atoms with Crippen molar-refractivity contribution < 1.29 is 18.3 Å². The van der Waals surface area contributed by atoms with E-state index in [0.29, 0.717) is 17.9 Å². The molecule has 2 aromatic carbocycles. The van der Waals surface area contributed by atoms with Crippen LogP contribution < -0.4 is 4.74 Å². The van der Waals surface area contributed by atoms with Gasteiger partial charge in [-0.2, -0.15) is 8.78 Å². The molecular weight excluding hydrogens is 466 g/mol. The van der Waals surface area contributed by atoms with Crippen molar-refractivity contribution in [1.82, 2.24) is 0 Å². The lowest BCUT2D eigenvalue weighted by molar-refractivity contribution is -0.132. The lowest BCUT2D eigenvalue weighted by atomic mass is 9.86. The van der Waals surface area contributed by atoms with E-state index >= 15 is 0 Å². The quantitative estimate of drug-likeness (QED) is 0.224. The molecule has 200 valence electrons. The highest BCUT2D eigenvalue weighted by atomic mass is 19.3. The van der Waals surface area contributed by atoms with E-state index in [2.05, 4.69) is 20.8 Å². The summed E-state index contributed by atoms with van der Waals surface area (Å²) in [5.41, 5.74) is 2.49. The Balaban J connectivity index is 1.58. The number of hydrogen-bond donors (Lipinski definition) is 0. The van der Waals surface area contributed by atoms with Crippen molar-refractivity contribution >= 4 is 11.4 Å². The third-order valence-corrected chi connectivity index (χ3v) is 7.37. The zero-order valence-corrected chi connectivity index (χ0v) is 22.7. The Morgan fingerprint density at radius 2 is 1.38 bits per heavy atom. The Bertz CT molecular complexity index is 1050. The fourth-order valence-electron chi connectivity index (χ4n) is 4.65. The van der Waals surface area contributed by atoms with Crippen LogP contribution in [-0.2, 0) is 4.79 Å². The highest BCUT2D eigenvalue weighted by Crippen LogP contribution is 2.38. The van der Waals surface area contributed by atoms with Crippen molar-refractivity contribution in [3.63, 3.8) is 0 Å². The molecule has 0 spiro atoms. The molecule has 0 aromatic heterocycles. The van der Waals surface area contributed by atoms with Gasteiger partial charge >= 0.3 is 5.92 Å². The fraction of sp³-hybridized carbons (Fsp3) is 0.485. The van der Waals surface area contributed by atoms with Gasteiger partial charge in [0, 0.05) is 11.1 Å². The zero-order valence-electron chi connectivity index (χ0n) is 22.7. The van der Waals surface area contributed by atoms with Crippen LogP contribution in [0.25, 0.3) is 16.7 Å². The van der Waals surface area contributed by atoms with Crippen molar-refractivity contribution in [3.05, 3.63) is 71.8 Å². The lowest BCUT2D eigenvalue weighted by Gasteiger charge is -2.24. The highest BCUT2D eigenvalue weighted by molar-refractivity contribution is 6.26. The van der Waals surface area contributed by atoms with E-state index in [-0.39, 0.29) is 17.6 Å². The van der Waals surface area contributed by atoms with Crippen LogP contribution in [0.3, 0.4) is 0 Å². The molecule has 4 heteroatoms. The molecule has 0 N–H and O–H groups in total. The minimum Gasteiger partial charge on any atom is -0.494 e. The fourth-order valence-corrected chi connectivity index (χ4v) is 4.65. The number of halogens is 2. The summed E-state index contributed by atoms with van der Waals surface area (Å²) >= 11 is 0. The molecule has 0 fully saturated rings. The molecule has 0 heterocycles. The Hall–Kier alpha value is -2.75. The number of alkyl halides is 2. The van der Waals surface area contributed by atoms with Gasteiger partial charge in [0.05, 0.1) is 6.61 Å². The van der Waals surface area contributed by atoms with Gasteiger partial charge in [-0.05, 0) is 54.0 Å². The lowest BCUT2D eigenvalue weighted by Crippen LogP contribution is -2.34. The van der Waals surface area contributed by atoms with Crippen molar-refractivity contribution in [3.8, 4) is 16.9 Å². The molecule has 2 aromatic rings. The SMILES string of the molecule is CCCCCCCCOc1ccc(-c2ccc(C3=CC=C(CCCC(C)CC)C(F)(F)C3=O)cc2)cc1. The minimum absolute atomic E-state index is 0.0695. The third-order valence-electron chi connectivity index (χ3n) is 7.37. The highest BCUT2D eigenvalue weighted by Gasteiger charge is 2.45.